The molecule has 3 aliphatic rings. The first-order chi connectivity index (χ1) is 15.6. The van der Waals surface area contributed by atoms with Gasteiger partial charge in [-0.1, -0.05) is 13.8 Å². The smallest absolute Gasteiger partial charge is 0.0811 e. The van der Waals surface area contributed by atoms with Gasteiger partial charge in [0.05, 0.1) is 11.2 Å². The minimum atomic E-state index is -0.203. The summed E-state index contributed by atoms with van der Waals surface area (Å²) in [6.45, 7) is 38.0. The molecule has 0 saturated carbocycles. The summed E-state index contributed by atoms with van der Waals surface area (Å²) in [6, 6.07) is 1.48. The van der Waals surface area contributed by atoms with Crippen molar-refractivity contribution in [3.8, 4) is 0 Å². The molecule has 3 fully saturated rings. The third-order valence-electron chi connectivity index (χ3n) is 10.2. The quantitative estimate of drug-likeness (QED) is 0.389. The van der Waals surface area contributed by atoms with Crippen molar-refractivity contribution in [2.75, 3.05) is 26.2 Å². The molecule has 0 radical (unpaired) electrons. The summed E-state index contributed by atoms with van der Waals surface area (Å²) in [6.07, 6.45) is 5.23. The number of piperazine rings is 1. The fourth-order valence-corrected chi connectivity index (χ4v) is 8.08. The monoisotopic (exact) mass is 491 g/mol. The molecule has 3 heterocycles. The highest BCUT2D eigenvalue weighted by atomic mass is 16.5. The fraction of sp³-hybridized carbons (Fsp3) is 1.00. The molecule has 0 unspecified atom stereocenters. The van der Waals surface area contributed by atoms with Crippen molar-refractivity contribution < 1.29 is 4.74 Å². The highest BCUT2D eigenvalue weighted by Gasteiger charge is 2.52. The van der Waals surface area contributed by atoms with Gasteiger partial charge in [0.25, 0.3) is 0 Å². The largest absolute Gasteiger partial charge is 0.368 e. The van der Waals surface area contributed by atoms with Gasteiger partial charge in [0.2, 0.25) is 0 Å². The summed E-state index contributed by atoms with van der Waals surface area (Å²) in [5, 5.41) is 0. The van der Waals surface area contributed by atoms with E-state index < -0.39 is 0 Å². The molecule has 4 nitrogen and oxygen atoms in total. The van der Waals surface area contributed by atoms with Crippen molar-refractivity contribution >= 4 is 0 Å². The summed E-state index contributed by atoms with van der Waals surface area (Å²) in [7, 11) is 0. The molecule has 0 N–H and O–H groups in total. The van der Waals surface area contributed by atoms with Crippen LogP contribution in [0.5, 0.6) is 0 Å². The Labute approximate surface area is 219 Å². The third-order valence-corrected chi connectivity index (χ3v) is 10.2. The molecular formula is C31H61N3O. The van der Waals surface area contributed by atoms with E-state index in [1.165, 1.54) is 51.9 Å². The molecule has 0 aromatic carbocycles. The summed E-state index contributed by atoms with van der Waals surface area (Å²) in [4.78, 5) is 8.35. The fourth-order valence-electron chi connectivity index (χ4n) is 8.08. The van der Waals surface area contributed by atoms with Gasteiger partial charge in [-0.05, 0) is 133 Å². The lowest BCUT2D eigenvalue weighted by Crippen LogP contribution is -2.63. The maximum atomic E-state index is 6.56. The lowest BCUT2D eigenvalue weighted by Gasteiger charge is -2.55. The molecule has 206 valence electrons. The van der Waals surface area contributed by atoms with Crippen LogP contribution < -0.4 is 0 Å². The SMILES string of the molecule is CC(C)(C)OC(C)(C)C(C)(C)N1CCC(C(C)(C)CC(C)(C)N2C[C@H]3C[C@@H]2CN3C(C)(C)C)CC1. The molecule has 4 heteroatoms. The van der Waals surface area contributed by atoms with E-state index in [2.05, 4.69) is 112 Å². The van der Waals surface area contributed by atoms with Crippen LogP contribution in [0.4, 0.5) is 0 Å². The van der Waals surface area contributed by atoms with Crippen molar-refractivity contribution in [2.45, 2.75) is 163 Å². The molecular weight excluding hydrogens is 430 g/mol. The Balaban J connectivity index is 1.60. The van der Waals surface area contributed by atoms with Gasteiger partial charge >= 0.3 is 0 Å². The third kappa shape index (κ3) is 6.13. The standard InChI is InChI=1S/C31H61N3O/c1-26(2,3)33-20-25-19-24(33)21-34(25)29(9,10)22-28(7,8)23-15-17-32(18-16-23)30(11,12)31(13,14)35-27(4,5)6/h23-25H,15-22H2,1-14H3/t24-,25-/m1/s1. The van der Waals surface area contributed by atoms with Crippen molar-refractivity contribution in [2.24, 2.45) is 11.3 Å². The van der Waals surface area contributed by atoms with E-state index in [9.17, 15) is 0 Å². The van der Waals surface area contributed by atoms with Crippen LogP contribution in [0.1, 0.15) is 123 Å². The minimum Gasteiger partial charge on any atom is -0.368 e. The van der Waals surface area contributed by atoms with E-state index in [-0.39, 0.29) is 22.3 Å². The molecule has 0 aromatic heterocycles. The molecule has 0 spiro atoms. The lowest BCUT2D eigenvalue weighted by atomic mass is 9.66. The summed E-state index contributed by atoms with van der Waals surface area (Å²) < 4.78 is 6.56. The first kappa shape index (κ1) is 29.4. The average Bonchev–Trinajstić information content (AvgIpc) is 3.26. The second-order valence-corrected chi connectivity index (χ2v) is 16.5. The normalized spacial score (nSPS) is 27.3. The molecule has 3 saturated heterocycles. The second-order valence-electron chi connectivity index (χ2n) is 16.5. The van der Waals surface area contributed by atoms with Crippen LogP contribution in [0.25, 0.3) is 0 Å². The van der Waals surface area contributed by atoms with Crippen LogP contribution in [0.15, 0.2) is 0 Å². The number of ether oxygens (including phenoxy) is 1. The zero-order chi connectivity index (χ0) is 26.8. The van der Waals surface area contributed by atoms with Crippen LogP contribution in [0.3, 0.4) is 0 Å². The Hall–Kier alpha value is -0.160. The van der Waals surface area contributed by atoms with Gasteiger partial charge in [-0.2, -0.15) is 0 Å². The molecule has 0 aliphatic carbocycles. The Kier molecular flexibility index (Phi) is 7.76. The Bertz CT molecular complexity index is 731. The van der Waals surface area contributed by atoms with E-state index in [4.69, 9.17) is 4.74 Å². The topological polar surface area (TPSA) is 19.0 Å². The van der Waals surface area contributed by atoms with Crippen LogP contribution in [0, 0.1) is 11.3 Å². The highest BCUT2D eigenvalue weighted by Crippen LogP contribution is 2.47. The molecule has 2 bridgehead atoms. The maximum Gasteiger partial charge on any atom is 0.0811 e. The van der Waals surface area contributed by atoms with Crippen molar-refractivity contribution in [3.05, 3.63) is 0 Å². The predicted octanol–water partition coefficient (Wildman–Crippen LogP) is 6.82. The molecule has 35 heavy (non-hydrogen) atoms. The van der Waals surface area contributed by atoms with E-state index >= 15 is 0 Å². The van der Waals surface area contributed by atoms with Crippen LogP contribution in [-0.4, -0.2) is 80.8 Å². The molecule has 2 atom stereocenters. The van der Waals surface area contributed by atoms with Gasteiger partial charge < -0.3 is 4.74 Å². The highest BCUT2D eigenvalue weighted by molar-refractivity contribution is 5.08. The number of rotatable bonds is 7. The average molecular weight is 492 g/mol. The van der Waals surface area contributed by atoms with Gasteiger partial charge in [0, 0.05) is 41.8 Å². The zero-order valence-electron chi connectivity index (χ0n) is 26.1. The van der Waals surface area contributed by atoms with E-state index in [0.29, 0.717) is 11.0 Å². The molecule has 3 rings (SSSR count). The first-order valence-corrected chi connectivity index (χ1v) is 14.6. The summed E-state index contributed by atoms with van der Waals surface area (Å²) in [5.41, 5.74) is 0.567. The van der Waals surface area contributed by atoms with Crippen molar-refractivity contribution in [3.63, 3.8) is 0 Å². The zero-order valence-corrected chi connectivity index (χ0v) is 26.1. The van der Waals surface area contributed by atoms with Crippen LogP contribution in [0.2, 0.25) is 0 Å². The number of hydrogen-bond donors (Lipinski definition) is 0. The van der Waals surface area contributed by atoms with Gasteiger partial charge in [-0.25, -0.2) is 0 Å². The first-order valence-electron chi connectivity index (χ1n) is 14.6. The van der Waals surface area contributed by atoms with E-state index in [1.807, 2.05) is 0 Å². The number of piperidine rings is 1. The number of likely N-dealkylation sites (tertiary alicyclic amines) is 3. The van der Waals surface area contributed by atoms with Gasteiger partial charge in [0.15, 0.2) is 0 Å². The maximum absolute atomic E-state index is 6.56. The molecule has 0 aromatic rings. The van der Waals surface area contributed by atoms with E-state index in [0.717, 1.165) is 18.0 Å². The lowest BCUT2D eigenvalue weighted by molar-refractivity contribution is -0.182. The minimum absolute atomic E-state index is 0.00236. The van der Waals surface area contributed by atoms with Crippen LogP contribution in [-0.2, 0) is 4.74 Å². The summed E-state index contributed by atoms with van der Waals surface area (Å²) in [5.74, 6) is 0.784. The van der Waals surface area contributed by atoms with Crippen molar-refractivity contribution in [1.82, 2.24) is 14.7 Å². The van der Waals surface area contributed by atoms with Crippen molar-refractivity contribution in [1.29, 1.82) is 0 Å². The molecule has 0 amide bonds. The Morgan fingerprint density at radius 1 is 0.686 bits per heavy atom. The Morgan fingerprint density at radius 2 is 1.17 bits per heavy atom. The summed E-state index contributed by atoms with van der Waals surface area (Å²) >= 11 is 0. The Morgan fingerprint density at radius 3 is 1.60 bits per heavy atom. The van der Waals surface area contributed by atoms with Gasteiger partial charge in [0.1, 0.15) is 0 Å². The van der Waals surface area contributed by atoms with Gasteiger partial charge in [-0.3, -0.25) is 14.7 Å². The predicted molar refractivity (Wildman–Crippen MR) is 151 cm³/mol. The second kappa shape index (κ2) is 9.24. The van der Waals surface area contributed by atoms with Gasteiger partial charge in [-0.15, -0.1) is 0 Å². The number of hydrogen-bond acceptors (Lipinski definition) is 4. The van der Waals surface area contributed by atoms with Crippen LogP contribution >= 0.6 is 0 Å². The number of fused-ring (bicyclic) bond motifs is 2. The molecule has 3 aliphatic heterocycles. The van der Waals surface area contributed by atoms with E-state index in [1.54, 1.807) is 0 Å². The number of nitrogens with zero attached hydrogens (tertiary/aromatic N) is 3.